The third kappa shape index (κ3) is 4.07. The van der Waals surface area contributed by atoms with Crippen molar-refractivity contribution in [2.24, 2.45) is 5.92 Å². The molecule has 1 heterocycles. The van der Waals surface area contributed by atoms with Crippen molar-refractivity contribution in [2.75, 3.05) is 6.54 Å². The Bertz CT molecular complexity index is 442. The van der Waals surface area contributed by atoms with Crippen LogP contribution in [0.5, 0.6) is 0 Å². The largest absolute Gasteiger partial charge is 0.305 e. The summed E-state index contributed by atoms with van der Waals surface area (Å²) in [5.41, 5.74) is 1.53. The topological polar surface area (TPSA) is 24.9 Å². The van der Waals surface area contributed by atoms with Crippen molar-refractivity contribution in [2.45, 2.75) is 84.1 Å². The summed E-state index contributed by atoms with van der Waals surface area (Å²) in [5.74, 6) is 0.859. The quantitative estimate of drug-likeness (QED) is 0.770. The van der Waals surface area contributed by atoms with E-state index in [-0.39, 0.29) is 11.0 Å². The van der Waals surface area contributed by atoms with E-state index in [9.17, 15) is 0 Å². The first-order chi connectivity index (χ1) is 9.87. The first-order valence-electron chi connectivity index (χ1n) is 8.59. The fourth-order valence-corrected chi connectivity index (χ4v) is 4.47. The number of hydrogen-bond acceptors (Lipinski definition) is 3. The highest BCUT2D eigenvalue weighted by Crippen LogP contribution is 2.40. The fraction of sp³-hybridized carbons (Fsp3) is 0.833. The molecule has 1 aliphatic carbocycles. The smallest absolute Gasteiger partial charge is 0.113 e. The van der Waals surface area contributed by atoms with Crippen molar-refractivity contribution in [3.63, 3.8) is 0 Å². The van der Waals surface area contributed by atoms with Crippen molar-refractivity contribution in [1.29, 1.82) is 0 Å². The molecular weight excluding hydrogens is 276 g/mol. The summed E-state index contributed by atoms with van der Waals surface area (Å²) in [6, 6.07) is 0. The van der Waals surface area contributed by atoms with Crippen molar-refractivity contribution >= 4 is 11.3 Å². The first-order valence-corrected chi connectivity index (χ1v) is 9.47. The van der Waals surface area contributed by atoms with Crippen molar-refractivity contribution in [3.8, 4) is 0 Å². The zero-order chi connectivity index (χ0) is 15.5. The van der Waals surface area contributed by atoms with Crippen LogP contribution in [0.15, 0.2) is 5.38 Å². The number of nitrogens with zero attached hydrogens (tertiary/aromatic N) is 1. The van der Waals surface area contributed by atoms with E-state index in [4.69, 9.17) is 4.98 Å². The minimum absolute atomic E-state index is 0.134. The Kier molecular flexibility index (Phi) is 5.48. The molecule has 0 radical (unpaired) electrons. The summed E-state index contributed by atoms with van der Waals surface area (Å²) < 4.78 is 0. The third-order valence-electron chi connectivity index (χ3n) is 4.76. The van der Waals surface area contributed by atoms with Gasteiger partial charge in [0.25, 0.3) is 0 Å². The van der Waals surface area contributed by atoms with Crippen molar-refractivity contribution < 1.29 is 0 Å². The van der Waals surface area contributed by atoms with Crippen molar-refractivity contribution in [3.05, 3.63) is 16.1 Å². The van der Waals surface area contributed by atoms with Gasteiger partial charge in [0.05, 0.1) is 11.2 Å². The molecule has 2 rings (SSSR count). The molecule has 0 saturated heterocycles. The number of thiazole rings is 1. The standard InChI is InChI=1S/C18H32N2S/c1-6-12-19-18(10-7-8-14(2)9-11-18)16-20-15(13-21-16)17(3,4)5/h13-14,19H,6-12H2,1-5H3. The van der Waals surface area contributed by atoms with E-state index in [2.05, 4.69) is 45.3 Å². The van der Waals surface area contributed by atoms with E-state index in [0.717, 1.165) is 12.5 Å². The Hall–Kier alpha value is -0.410. The summed E-state index contributed by atoms with van der Waals surface area (Å²) in [5, 5.41) is 7.48. The van der Waals surface area contributed by atoms with Crippen LogP contribution in [0.4, 0.5) is 0 Å². The monoisotopic (exact) mass is 308 g/mol. The summed E-state index contributed by atoms with van der Waals surface area (Å²) >= 11 is 1.87. The Morgan fingerprint density at radius 3 is 2.71 bits per heavy atom. The molecule has 2 unspecified atom stereocenters. The van der Waals surface area contributed by atoms with Gasteiger partial charge in [0.15, 0.2) is 0 Å². The van der Waals surface area contributed by atoms with E-state index < -0.39 is 0 Å². The van der Waals surface area contributed by atoms with Gasteiger partial charge in [-0.2, -0.15) is 0 Å². The fourth-order valence-electron chi connectivity index (χ4n) is 3.18. The van der Waals surface area contributed by atoms with E-state index in [1.54, 1.807) is 0 Å². The lowest BCUT2D eigenvalue weighted by Gasteiger charge is -2.32. The van der Waals surface area contributed by atoms with Crippen LogP contribution in [0.3, 0.4) is 0 Å². The average molecular weight is 309 g/mol. The van der Waals surface area contributed by atoms with Crippen LogP contribution in [0.1, 0.15) is 83.8 Å². The second kappa shape index (κ2) is 6.78. The van der Waals surface area contributed by atoms with E-state index in [1.807, 2.05) is 11.3 Å². The summed E-state index contributed by atoms with van der Waals surface area (Å²) in [7, 11) is 0. The summed E-state index contributed by atoms with van der Waals surface area (Å²) in [4.78, 5) is 5.05. The Morgan fingerprint density at radius 1 is 1.33 bits per heavy atom. The molecular formula is C18H32N2S. The zero-order valence-electron chi connectivity index (χ0n) is 14.5. The molecule has 120 valence electrons. The lowest BCUT2D eigenvalue weighted by atomic mass is 9.89. The second-order valence-electron chi connectivity index (χ2n) is 7.83. The molecule has 2 atom stereocenters. The molecule has 1 aromatic rings. The summed E-state index contributed by atoms with van der Waals surface area (Å²) in [6.45, 7) is 12.5. The van der Waals surface area contributed by atoms with Gasteiger partial charge in [-0.1, -0.05) is 47.5 Å². The second-order valence-corrected chi connectivity index (χ2v) is 8.69. The zero-order valence-corrected chi connectivity index (χ0v) is 15.3. The number of rotatable bonds is 4. The number of hydrogen-bond donors (Lipinski definition) is 1. The van der Waals surface area contributed by atoms with E-state index >= 15 is 0 Å². The van der Waals surface area contributed by atoms with E-state index in [1.165, 1.54) is 49.2 Å². The minimum atomic E-state index is 0.134. The van der Waals surface area contributed by atoms with Crippen LogP contribution < -0.4 is 5.32 Å². The maximum absolute atomic E-state index is 5.05. The molecule has 0 amide bonds. The predicted molar refractivity (Wildman–Crippen MR) is 93.0 cm³/mol. The Balaban J connectivity index is 2.28. The summed E-state index contributed by atoms with van der Waals surface area (Å²) in [6.07, 6.45) is 7.69. The third-order valence-corrected chi connectivity index (χ3v) is 5.81. The highest BCUT2D eigenvalue weighted by molar-refractivity contribution is 7.09. The van der Waals surface area contributed by atoms with Gasteiger partial charge in [0.1, 0.15) is 5.01 Å². The van der Waals surface area contributed by atoms with Gasteiger partial charge >= 0.3 is 0 Å². The predicted octanol–water partition coefficient (Wildman–Crippen LogP) is 5.24. The van der Waals surface area contributed by atoms with Crippen LogP contribution in [-0.4, -0.2) is 11.5 Å². The molecule has 1 aliphatic rings. The molecule has 0 spiro atoms. The molecule has 1 saturated carbocycles. The van der Waals surface area contributed by atoms with Crippen molar-refractivity contribution in [1.82, 2.24) is 10.3 Å². The lowest BCUT2D eigenvalue weighted by Crippen LogP contribution is -2.42. The van der Waals surface area contributed by atoms with Gasteiger partial charge in [-0.3, -0.25) is 0 Å². The van der Waals surface area contributed by atoms with Crippen LogP contribution >= 0.6 is 11.3 Å². The Labute approximate surface area is 134 Å². The molecule has 0 aromatic carbocycles. The van der Waals surface area contributed by atoms with Crippen LogP contribution in [0, 0.1) is 5.92 Å². The minimum Gasteiger partial charge on any atom is -0.305 e. The lowest BCUT2D eigenvalue weighted by molar-refractivity contribution is 0.285. The molecule has 1 aromatic heterocycles. The van der Waals surface area contributed by atoms with Gasteiger partial charge in [0, 0.05) is 10.8 Å². The molecule has 3 heteroatoms. The van der Waals surface area contributed by atoms with Gasteiger partial charge in [-0.25, -0.2) is 4.98 Å². The van der Waals surface area contributed by atoms with Crippen LogP contribution in [0.25, 0.3) is 0 Å². The molecule has 1 fully saturated rings. The highest BCUT2D eigenvalue weighted by atomic mass is 32.1. The molecule has 0 aliphatic heterocycles. The normalized spacial score (nSPS) is 27.6. The molecule has 0 bridgehead atoms. The van der Waals surface area contributed by atoms with E-state index in [0.29, 0.717) is 0 Å². The SMILES string of the molecule is CCCNC1(c2nc(C(C)(C)C)cs2)CCCC(C)CC1. The molecule has 1 N–H and O–H groups in total. The highest BCUT2D eigenvalue weighted by Gasteiger charge is 2.36. The van der Waals surface area contributed by atoms with Gasteiger partial charge in [-0.05, 0) is 38.1 Å². The van der Waals surface area contributed by atoms with Crippen LogP contribution in [-0.2, 0) is 11.0 Å². The molecule has 21 heavy (non-hydrogen) atoms. The number of nitrogens with one attached hydrogen (secondary N) is 1. The maximum atomic E-state index is 5.05. The molecule has 2 nitrogen and oxygen atoms in total. The van der Waals surface area contributed by atoms with Gasteiger partial charge in [-0.15, -0.1) is 11.3 Å². The van der Waals surface area contributed by atoms with Gasteiger partial charge < -0.3 is 5.32 Å². The Morgan fingerprint density at radius 2 is 2.10 bits per heavy atom. The number of aromatic nitrogens is 1. The van der Waals surface area contributed by atoms with Crippen LogP contribution in [0.2, 0.25) is 0 Å². The van der Waals surface area contributed by atoms with Gasteiger partial charge in [0.2, 0.25) is 0 Å². The average Bonchev–Trinajstić information content (AvgIpc) is 2.85. The first kappa shape index (κ1) is 17.0. The maximum Gasteiger partial charge on any atom is 0.113 e.